The number of rotatable bonds is 6. The van der Waals surface area contributed by atoms with Gasteiger partial charge >= 0.3 is 5.97 Å². The molecule has 2 heterocycles. The molecule has 0 bridgehead atoms. The van der Waals surface area contributed by atoms with Gasteiger partial charge in [-0.05, 0) is 47.4 Å². The fourth-order valence-corrected chi connectivity index (χ4v) is 4.31. The van der Waals surface area contributed by atoms with Crippen molar-refractivity contribution in [2.45, 2.75) is 38.5 Å². The molecule has 0 unspecified atom stereocenters. The Morgan fingerprint density at radius 1 is 1.00 bits per heavy atom. The van der Waals surface area contributed by atoms with Gasteiger partial charge in [-0.2, -0.15) is 0 Å². The van der Waals surface area contributed by atoms with Gasteiger partial charge in [0.15, 0.2) is 11.9 Å². The van der Waals surface area contributed by atoms with Crippen molar-refractivity contribution >= 4 is 17.9 Å². The van der Waals surface area contributed by atoms with Crippen LogP contribution in [0.3, 0.4) is 0 Å². The van der Waals surface area contributed by atoms with E-state index in [-0.39, 0.29) is 30.2 Å². The van der Waals surface area contributed by atoms with E-state index in [1.54, 1.807) is 17.0 Å². The summed E-state index contributed by atoms with van der Waals surface area (Å²) in [6.45, 7) is 2.68. The van der Waals surface area contributed by atoms with E-state index in [9.17, 15) is 9.90 Å². The number of carboxylic acids is 1. The van der Waals surface area contributed by atoms with Crippen LogP contribution in [-0.4, -0.2) is 58.5 Å². The first kappa shape index (κ1) is 23.2. The maximum absolute atomic E-state index is 11.8. The van der Waals surface area contributed by atoms with Gasteiger partial charge in [-0.15, -0.1) is 0 Å². The Hall–Kier alpha value is -3.95. The maximum atomic E-state index is 11.8. The zero-order valence-electron chi connectivity index (χ0n) is 18.9. The van der Waals surface area contributed by atoms with Gasteiger partial charge in [0.2, 0.25) is 0 Å². The lowest BCUT2D eigenvalue weighted by molar-refractivity contribution is 0.0691. The maximum Gasteiger partial charge on any atom is 0.339 e. The summed E-state index contributed by atoms with van der Waals surface area (Å²) in [7, 11) is 0. The van der Waals surface area contributed by atoms with Crippen molar-refractivity contribution < 1.29 is 19.4 Å². The monoisotopic (exact) mass is 466 g/mol. The van der Waals surface area contributed by atoms with Crippen molar-refractivity contribution in [1.82, 2.24) is 9.80 Å². The fourth-order valence-electron chi connectivity index (χ4n) is 4.31. The number of ether oxygens (including phenoxy) is 2. The summed E-state index contributed by atoms with van der Waals surface area (Å²) in [5, 5.41) is 24.8. The Bertz CT molecular complexity index is 1080. The van der Waals surface area contributed by atoms with Gasteiger partial charge in [0.25, 0.3) is 0 Å². The molecule has 2 aliphatic rings. The first-order valence-corrected chi connectivity index (χ1v) is 11.3. The normalized spacial score (nSPS) is 16.0. The van der Waals surface area contributed by atoms with Gasteiger partial charge in [0.1, 0.15) is 29.8 Å². The number of hydrogen-bond donors (Lipinski definition) is 5. The van der Waals surface area contributed by atoms with Gasteiger partial charge in [-0.3, -0.25) is 10.8 Å². The van der Waals surface area contributed by atoms with Crippen LogP contribution in [0.25, 0.3) is 0 Å². The van der Waals surface area contributed by atoms with Crippen LogP contribution in [0.4, 0.5) is 0 Å². The molecule has 1 fully saturated rings. The summed E-state index contributed by atoms with van der Waals surface area (Å²) in [4.78, 5) is 15.4. The first-order chi connectivity index (χ1) is 16.3. The van der Waals surface area contributed by atoms with Crippen molar-refractivity contribution in [3.05, 3.63) is 58.7 Å². The summed E-state index contributed by atoms with van der Waals surface area (Å²) in [6, 6.07) is 11.0. The van der Waals surface area contributed by atoms with E-state index in [0.29, 0.717) is 38.3 Å². The SMILES string of the molecule is N=C(N)N1CCC(Oc2ccc(COc3cc4c(cc3C(=O)O)CCN(C(=N)N)C4)cc2)CC1. The molecule has 0 spiro atoms. The average molecular weight is 467 g/mol. The molecule has 2 aliphatic heterocycles. The molecule has 10 nitrogen and oxygen atoms in total. The second kappa shape index (κ2) is 9.90. The summed E-state index contributed by atoms with van der Waals surface area (Å²) in [6.07, 6.45) is 2.33. The molecular formula is C24H30N6O4. The van der Waals surface area contributed by atoms with Crippen molar-refractivity contribution in [2.24, 2.45) is 11.5 Å². The third-order valence-corrected chi connectivity index (χ3v) is 6.29. The number of carboxylic acid groups (broad SMARTS) is 1. The number of fused-ring (bicyclic) bond motifs is 1. The Balaban J connectivity index is 1.38. The lowest BCUT2D eigenvalue weighted by Gasteiger charge is -2.32. The molecule has 0 aromatic heterocycles. The van der Waals surface area contributed by atoms with Crippen LogP contribution in [0.5, 0.6) is 11.5 Å². The van der Waals surface area contributed by atoms with Crippen LogP contribution in [-0.2, 0) is 19.6 Å². The molecule has 7 N–H and O–H groups in total. The standard InChI is InChI=1S/C24H30N6O4/c25-23(26)29-9-6-19(7-10-29)34-18-3-1-15(2-4-18)14-33-21-12-17-13-30(24(27)28)8-5-16(17)11-20(21)22(31)32/h1-4,11-12,19H,5-10,13-14H2,(H3,25,26)(H3,27,28)(H,31,32). The first-order valence-electron chi connectivity index (χ1n) is 11.3. The highest BCUT2D eigenvalue weighted by atomic mass is 16.5. The third-order valence-electron chi connectivity index (χ3n) is 6.29. The summed E-state index contributed by atoms with van der Waals surface area (Å²) in [5.74, 6) is 0.126. The lowest BCUT2D eigenvalue weighted by atomic mass is 9.96. The van der Waals surface area contributed by atoms with E-state index >= 15 is 0 Å². The topological polar surface area (TPSA) is 162 Å². The van der Waals surface area contributed by atoms with Gasteiger partial charge in [-0.1, -0.05) is 12.1 Å². The van der Waals surface area contributed by atoms with Gasteiger partial charge < -0.3 is 35.8 Å². The predicted molar refractivity (Wildman–Crippen MR) is 127 cm³/mol. The van der Waals surface area contributed by atoms with Gasteiger partial charge in [0.05, 0.1) is 0 Å². The van der Waals surface area contributed by atoms with Crippen LogP contribution in [0.15, 0.2) is 36.4 Å². The van der Waals surface area contributed by atoms with Crippen LogP contribution in [0.2, 0.25) is 0 Å². The van der Waals surface area contributed by atoms with Crippen LogP contribution in [0.1, 0.15) is 39.9 Å². The van der Waals surface area contributed by atoms with Gasteiger partial charge in [-0.25, -0.2) is 4.79 Å². The Morgan fingerprint density at radius 2 is 1.68 bits per heavy atom. The number of hydrogen-bond acceptors (Lipinski definition) is 5. The second-order valence-corrected chi connectivity index (χ2v) is 8.60. The van der Waals surface area contributed by atoms with Crippen LogP contribution in [0, 0.1) is 10.8 Å². The summed E-state index contributed by atoms with van der Waals surface area (Å²) < 4.78 is 12.0. The second-order valence-electron chi connectivity index (χ2n) is 8.60. The fraction of sp³-hybridized carbons (Fsp3) is 0.375. The Kier molecular flexibility index (Phi) is 6.76. The molecule has 2 aromatic rings. The number of guanidine groups is 2. The minimum absolute atomic E-state index is 0.00198. The molecular weight excluding hydrogens is 436 g/mol. The number of nitrogens with one attached hydrogen (secondary N) is 2. The van der Waals surface area contributed by atoms with Crippen molar-refractivity contribution in [3.8, 4) is 11.5 Å². The molecule has 2 aromatic carbocycles. The third kappa shape index (κ3) is 5.33. The molecule has 180 valence electrons. The molecule has 1 saturated heterocycles. The zero-order chi connectivity index (χ0) is 24.2. The molecule has 0 radical (unpaired) electrons. The zero-order valence-corrected chi connectivity index (χ0v) is 18.9. The minimum atomic E-state index is -1.04. The van der Waals surface area contributed by atoms with Crippen molar-refractivity contribution in [3.63, 3.8) is 0 Å². The number of piperidine rings is 1. The van der Waals surface area contributed by atoms with Crippen molar-refractivity contribution in [2.75, 3.05) is 19.6 Å². The van der Waals surface area contributed by atoms with E-state index in [0.717, 1.165) is 35.3 Å². The summed E-state index contributed by atoms with van der Waals surface area (Å²) in [5.41, 5.74) is 14.0. The number of nitrogens with zero attached hydrogens (tertiary/aromatic N) is 2. The van der Waals surface area contributed by atoms with E-state index in [4.69, 9.17) is 31.8 Å². The molecule has 34 heavy (non-hydrogen) atoms. The summed E-state index contributed by atoms with van der Waals surface area (Å²) >= 11 is 0. The Labute approximate surface area is 198 Å². The number of nitrogens with two attached hydrogens (primary N) is 2. The smallest absolute Gasteiger partial charge is 0.339 e. The van der Waals surface area contributed by atoms with E-state index in [2.05, 4.69) is 0 Å². The van der Waals surface area contributed by atoms with Crippen molar-refractivity contribution in [1.29, 1.82) is 10.8 Å². The number of aromatic carboxylic acids is 1. The highest BCUT2D eigenvalue weighted by Crippen LogP contribution is 2.29. The number of carbonyl (C=O) groups is 1. The Morgan fingerprint density at radius 3 is 2.29 bits per heavy atom. The quantitative estimate of drug-likeness (QED) is 0.319. The highest BCUT2D eigenvalue weighted by molar-refractivity contribution is 5.91. The van der Waals surface area contributed by atoms with E-state index in [1.165, 1.54) is 0 Å². The van der Waals surface area contributed by atoms with E-state index in [1.807, 2.05) is 29.2 Å². The van der Waals surface area contributed by atoms with E-state index < -0.39 is 5.97 Å². The lowest BCUT2D eigenvalue weighted by Crippen LogP contribution is -2.44. The minimum Gasteiger partial charge on any atom is -0.490 e. The van der Waals surface area contributed by atoms with Crippen LogP contribution < -0.4 is 20.9 Å². The highest BCUT2D eigenvalue weighted by Gasteiger charge is 2.23. The van der Waals surface area contributed by atoms with Crippen LogP contribution >= 0.6 is 0 Å². The van der Waals surface area contributed by atoms with Gasteiger partial charge in [0, 0.05) is 39.0 Å². The molecule has 10 heteroatoms. The molecule has 4 rings (SSSR count). The molecule has 0 aliphatic carbocycles. The molecule has 0 saturated carbocycles. The largest absolute Gasteiger partial charge is 0.490 e. The number of benzene rings is 2. The molecule has 0 atom stereocenters. The molecule has 0 amide bonds. The predicted octanol–water partition coefficient (Wildman–Crippen LogP) is 1.95. The average Bonchev–Trinajstić information content (AvgIpc) is 2.82. The number of likely N-dealkylation sites (tertiary alicyclic amines) is 1.